The molecule has 128 valence electrons. The lowest BCUT2D eigenvalue weighted by Crippen LogP contribution is -2.33. The number of para-hydroxylation sites is 2. The molecule has 1 aliphatic rings. The molecule has 0 amide bonds. The highest BCUT2D eigenvalue weighted by Gasteiger charge is 2.24. The van der Waals surface area contributed by atoms with E-state index in [0.29, 0.717) is 17.8 Å². The van der Waals surface area contributed by atoms with Gasteiger partial charge in [0.15, 0.2) is 5.96 Å². The number of benzene rings is 1. The van der Waals surface area contributed by atoms with Crippen LogP contribution in [0.5, 0.6) is 5.75 Å². The summed E-state index contributed by atoms with van der Waals surface area (Å²) in [7, 11) is 1.72. The number of rotatable bonds is 7. The summed E-state index contributed by atoms with van der Waals surface area (Å²) < 4.78 is 5.46. The third-order valence-corrected chi connectivity index (χ3v) is 4.26. The fourth-order valence-electron chi connectivity index (χ4n) is 2.86. The molecule has 1 fully saturated rings. The Hall–Kier alpha value is -1.91. The second-order valence-corrected chi connectivity index (χ2v) is 6.61. The van der Waals surface area contributed by atoms with Crippen LogP contribution in [0.1, 0.15) is 26.7 Å². The standard InChI is InChI=1S/C18H30N4O/c1-14(2)8-10-20-18(19)21-12-15-9-11-22(13-15)16-6-4-5-7-17(16)23-3/h4-7,14-15H,8-13H2,1-3H3,(H3,19,20,21). The van der Waals surface area contributed by atoms with Gasteiger partial charge >= 0.3 is 0 Å². The minimum absolute atomic E-state index is 0.547. The van der Waals surface area contributed by atoms with Gasteiger partial charge in [0, 0.05) is 26.2 Å². The molecule has 0 bridgehead atoms. The van der Waals surface area contributed by atoms with Gasteiger partial charge in [-0.2, -0.15) is 0 Å². The van der Waals surface area contributed by atoms with Crippen LogP contribution in [0.3, 0.4) is 0 Å². The van der Waals surface area contributed by atoms with E-state index in [1.807, 2.05) is 12.1 Å². The summed E-state index contributed by atoms with van der Waals surface area (Å²) in [5.74, 6) is 2.73. The van der Waals surface area contributed by atoms with Crippen molar-refractivity contribution >= 4 is 11.6 Å². The van der Waals surface area contributed by atoms with Gasteiger partial charge in [0.2, 0.25) is 0 Å². The number of methoxy groups -OCH3 is 1. The molecular formula is C18H30N4O. The average molecular weight is 318 g/mol. The third kappa shape index (κ3) is 5.34. The third-order valence-electron chi connectivity index (χ3n) is 4.26. The Balaban J connectivity index is 1.81. The van der Waals surface area contributed by atoms with Gasteiger partial charge in [0.25, 0.3) is 0 Å². The van der Waals surface area contributed by atoms with Crippen molar-refractivity contribution in [3.05, 3.63) is 24.3 Å². The molecule has 2 rings (SSSR count). The Morgan fingerprint density at radius 1 is 1.43 bits per heavy atom. The maximum absolute atomic E-state index is 5.93. The number of hydrogen-bond donors (Lipinski definition) is 2. The van der Waals surface area contributed by atoms with Crippen molar-refractivity contribution < 1.29 is 4.74 Å². The van der Waals surface area contributed by atoms with Crippen LogP contribution >= 0.6 is 0 Å². The minimum Gasteiger partial charge on any atom is -0.495 e. The van der Waals surface area contributed by atoms with Crippen molar-refractivity contribution in [2.45, 2.75) is 26.7 Å². The Bertz CT molecular complexity index is 515. The first-order chi connectivity index (χ1) is 11.1. The molecule has 1 atom stereocenters. The van der Waals surface area contributed by atoms with Crippen molar-refractivity contribution in [2.24, 2.45) is 22.6 Å². The first kappa shape index (κ1) is 17.4. The number of guanidine groups is 1. The zero-order valence-corrected chi connectivity index (χ0v) is 14.6. The van der Waals surface area contributed by atoms with Crippen molar-refractivity contribution in [1.29, 1.82) is 0 Å². The lowest BCUT2D eigenvalue weighted by Gasteiger charge is -2.21. The number of nitrogens with zero attached hydrogens (tertiary/aromatic N) is 2. The van der Waals surface area contributed by atoms with Gasteiger partial charge in [-0.1, -0.05) is 26.0 Å². The lowest BCUT2D eigenvalue weighted by atomic mass is 10.1. The topological polar surface area (TPSA) is 62.9 Å². The molecule has 3 N–H and O–H groups in total. The van der Waals surface area contributed by atoms with Crippen LogP contribution in [0.25, 0.3) is 0 Å². The van der Waals surface area contributed by atoms with E-state index in [9.17, 15) is 0 Å². The molecule has 23 heavy (non-hydrogen) atoms. The number of nitrogens with two attached hydrogens (primary N) is 1. The summed E-state index contributed by atoms with van der Waals surface area (Å²) in [5.41, 5.74) is 7.11. The van der Waals surface area contributed by atoms with Crippen molar-refractivity contribution in [2.75, 3.05) is 38.2 Å². The van der Waals surface area contributed by atoms with Crippen LogP contribution in [0, 0.1) is 11.8 Å². The van der Waals surface area contributed by atoms with Crippen molar-refractivity contribution in [3.8, 4) is 5.75 Å². The highest BCUT2D eigenvalue weighted by Crippen LogP contribution is 2.31. The predicted octanol–water partition coefficient (Wildman–Crippen LogP) is 2.47. The number of ether oxygens (including phenoxy) is 1. The fraction of sp³-hybridized carbons (Fsp3) is 0.611. The molecule has 5 nitrogen and oxygen atoms in total. The molecular weight excluding hydrogens is 288 g/mol. The molecule has 0 spiro atoms. The quantitative estimate of drug-likeness (QED) is 0.599. The first-order valence-electron chi connectivity index (χ1n) is 8.52. The molecule has 5 heteroatoms. The zero-order valence-electron chi connectivity index (χ0n) is 14.6. The zero-order chi connectivity index (χ0) is 16.7. The summed E-state index contributed by atoms with van der Waals surface area (Å²) in [5, 5.41) is 3.19. The van der Waals surface area contributed by atoms with E-state index >= 15 is 0 Å². The molecule has 0 radical (unpaired) electrons. The number of anilines is 1. The van der Waals surface area contributed by atoms with Gasteiger partial charge in [0.1, 0.15) is 5.75 Å². The highest BCUT2D eigenvalue weighted by atomic mass is 16.5. The second-order valence-electron chi connectivity index (χ2n) is 6.61. The van der Waals surface area contributed by atoms with Gasteiger partial charge < -0.3 is 20.7 Å². The molecule has 0 aliphatic carbocycles. The minimum atomic E-state index is 0.547. The molecule has 1 unspecified atom stereocenters. The Labute approximate surface area is 139 Å². The molecule has 1 aromatic carbocycles. The van der Waals surface area contributed by atoms with Crippen LogP contribution in [0.4, 0.5) is 5.69 Å². The largest absolute Gasteiger partial charge is 0.495 e. The van der Waals surface area contributed by atoms with E-state index in [4.69, 9.17) is 10.5 Å². The van der Waals surface area contributed by atoms with E-state index in [-0.39, 0.29) is 0 Å². The molecule has 1 aliphatic heterocycles. The maximum Gasteiger partial charge on any atom is 0.188 e. The van der Waals surface area contributed by atoms with Crippen LogP contribution in [0.15, 0.2) is 29.3 Å². The maximum atomic E-state index is 5.93. The van der Waals surface area contributed by atoms with E-state index in [1.165, 1.54) is 5.69 Å². The van der Waals surface area contributed by atoms with E-state index in [0.717, 1.165) is 44.8 Å². The summed E-state index contributed by atoms with van der Waals surface area (Å²) in [6.45, 7) is 8.14. The summed E-state index contributed by atoms with van der Waals surface area (Å²) in [6.07, 6.45) is 2.25. The van der Waals surface area contributed by atoms with E-state index in [2.05, 4.69) is 41.2 Å². The SMILES string of the molecule is COc1ccccc1N1CCC(CN=C(N)NCCC(C)C)C1. The first-order valence-corrected chi connectivity index (χ1v) is 8.52. The van der Waals surface area contributed by atoms with Gasteiger partial charge in [-0.05, 0) is 36.8 Å². The summed E-state index contributed by atoms with van der Waals surface area (Å²) >= 11 is 0. The molecule has 1 heterocycles. The fourth-order valence-corrected chi connectivity index (χ4v) is 2.86. The van der Waals surface area contributed by atoms with Crippen LogP contribution in [0.2, 0.25) is 0 Å². The second kappa shape index (κ2) is 8.65. The van der Waals surface area contributed by atoms with Crippen LogP contribution in [-0.4, -0.2) is 39.2 Å². The molecule has 1 aromatic rings. The average Bonchev–Trinajstić information content (AvgIpc) is 3.01. The monoisotopic (exact) mass is 318 g/mol. The molecule has 0 saturated carbocycles. The van der Waals surface area contributed by atoms with Gasteiger partial charge in [-0.3, -0.25) is 4.99 Å². The Morgan fingerprint density at radius 2 is 2.22 bits per heavy atom. The van der Waals surface area contributed by atoms with Crippen LogP contribution in [-0.2, 0) is 0 Å². The van der Waals surface area contributed by atoms with Gasteiger partial charge in [0.05, 0.1) is 12.8 Å². The van der Waals surface area contributed by atoms with Crippen LogP contribution < -0.4 is 20.7 Å². The predicted molar refractivity (Wildman–Crippen MR) is 97.3 cm³/mol. The number of hydrogen-bond acceptors (Lipinski definition) is 3. The summed E-state index contributed by atoms with van der Waals surface area (Å²) in [4.78, 5) is 6.88. The van der Waals surface area contributed by atoms with Crippen molar-refractivity contribution in [1.82, 2.24) is 5.32 Å². The molecule has 0 aromatic heterocycles. The highest BCUT2D eigenvalue weighted by molar-refractivity contribution is 5.77. The van der Waals surface area contributed by atoms with Gasteiger partial charge in [-0.15, -0.1) is 0 Å². The lowest BCUT2D eigenvalue weighted by molar-refractivity contribution is 0.414. The Kier molecular flexibility index (Phi) is 6.56. The summed E-state index contributed by atoms with van der Waals surface area (Å²) in [6, 6.07) is 8.19. The normalized spacial score (nSPS) is 18.5. The van der Waals surface area contributed by atoms with E-state index in [1.54, 1.807) is 7.11 Å². The molecule has 1 saturated heterocycles. The van der Waals surface area contributed by atoms with Gasteiger partial charge in [-0.25, -0.2) is 0 Å². The number of nitrogens with one attached hydrogen (secondary N) is 1. The van der Waals surface area contributed by atoms with E-state index < -0.39 is 0 Å². The number of aliphatic imine (C=N–C) groups is 1. The smallest absolute Gasteiger partial charge is 0.188 e. The Morgan fingerprint density at radius 3 is 2.96 bits per heavy atom. The van der Waals surface area contributed by atoms with Crippen molar-refractivity contribution in [3.63, 3.8) is 0 Å².